The van der Waals surface area contributed by atoms with Crippen molar-refractivity contribution in [3.8, 4) is 11.5 Å². The van der Waals surface area contributed by atoms with Gasteiger partial charge >= 0.3 is 42.0 Å². The van der Waals surface area contributed by atoms with Crippen molar-refractivity contribution in [2.75, 3.05) is 7.11 Å². The number of halogens is 4. The van der Waals surface area contributed by atoms with Crippen molar-refractivity contribution in [2.45, 2.75) is 12.4 Å². The van der Waals surface area contributed by atoms with Crippen LogP contribution in [0.15, 0.2) is 42.5 Å². The van der Waals surface area contributed by atoms with E-state index in [-0.39, 0.29) is 51.6 Å². The van der Waals surface area contributed by atoms with Crippen LogP contribution in [0, 0.1) is 10.1 Å². The van der Waals surface area contributed by atoms with Crippen LogP contribution in [0.2, 0.25) is 5.02 Å². The van der Waals surface area contributed by atoms with Gasteiger partial charge < -0.3 is 9.47 Å². The molecular formula is C16H12ClF3NNaO5. The molecule has 0 heterocycles. The van der Waals surface area contributed by atoms with E-state index >= 15 is 0 Å². The fraction of sp³-hybridized carbons (Fsp3) is 0.188. The average Bonchev–Trinajstić information content (AvgIpc) is 2.56. The number of carbonyl (C=O) groups excluding carboxylic acids is 1. The molecule has 0 radical (unpaired) electrons. The van der Waals surface area contributed by atoms with Gasteiger partial charge in [0.1, 0.15) is 11.5 Å². The van der Waals surface area contributed by atoms with Crippen LogP contribution in [-0.4, -0.2) is 53.6 Å². The number of Topliss-reactive ketones (excluding diaryl/α,β-unsaturated/α-hetero) is 1. The third-order valence-electron chi connectivity index (χ3n) is 3.24. The first kappa shape index (κ1) is 23.4. The molecule has 0 aliphatic rings. The predicted molar refractivity (Wildman–Crippen MR) is 92.2 cm³/mol. The van der Waals surface area contributed by atoms with Crippen molar-refractivity contribution in [3.63, 3.8) is 0 Å². The number of methoxy groups -OCH3 is 1. The number of carbonyl (C=O) groups is 1. The van der Waals surface area contributed by atoms with Gasteiger partial charge in [-0.1, -0.05) is 23.7 Å². The van der Waals surface area contributed by atoms with Gasteiger partial charge in [-0.05, 0) is 30.3 Å². The van der Waals surface area contributed by atoms with Crippen molar-refractivity contribution < 1.29 is 32.4 Å². The number of alkyl halides is 3. The second-order valence-corrected chi connectivity index (χ2v) is 5.42. The van der Waals surface area contributed by atoms with E-state index in [1.165, 1.54) is 24.3 Å². The van der Waals surface area contributed by atoms with Gasteiger partial charge in [-0.25, -0.2) is 0 Å². The molecule has 27 heavy (non-hydrogen) atoms. The molecule has 0 aliphatic heterocycles. The number of hydrogen-bond donors (Lipinski definition) is 0. The second-order valence-electron chi connectivity index (χ2n) is 5.01. The van der Waals surface area contributed by atoms with Crippen LogP contribution in [0.1, 0.15) is 15.9 Å². The molecule has 1 unspecified atom stereocenters. The zero-order chi connectivity index (χ0) is 19.5. The summed E-state index contributed by atoms with van der Waals surface area (Å²) in [7, 11) is 1.02. The van der Waals surface area contributed by atoms with Crippen LogP contribution in [0.3, 0.4) is 0 Å². The first-order valence-corrected chi connectivity index (χ1v) is 7.36. The molecule has 11 heteroatoms. The minimum absolute atomic E-state index is 0. The van der Waals surface area contributed by atoms with Gasteiger partial charge in [0.25, 0.3) is 5.78 Å². The Morgan fingerprint density at radius 3 is 2.41 bits per heavy atom. The Kier molecular flexibility index (Phi) is 8.24. The molecule has 6 nitrogen and oxygen atoms in total. The average molecular weight is 414 g/mol. The molecule has 0 bridgehead atoms. The zero-order valence-electron chi connectivity index (χ0n) is 13.1. The van der Waals surface area contributed by atoms with E-state index in [0.29, 0.717) is 6.07 Å². The summed E-state index contributed by atoms with van der Waals surface area (Å²) in [5.74, 6) is -0.904. The quantitative estimate of drug-likeness (QED) is 0.236. The van der Waals surface area contributed by atoms with Crippen LogP contribution < -0.4 is 4.74 Å². The molecule has 0 saturated carbocycles. The number of rotatable bonds is 6. The Balaban J connectivity index is 0.00000364. The van der Waals surface area contributed by atoms with Gasteiger partial charge in [-0.3, -0.25) is 14.9 Å². The summed E-state index contributed by atoms with van der Waals surface area (Å²) in [6, 6.07) is 7.87. The minimum atomic E-state index is -4.55. The van der Waals surface area contributed by atoms with Gasteiger partial charge in [0, 0.05) is 12.7 Å². The van der Waals surface area contributed by atoms with Crippen LogP contribution in [-0.2, 0) is 10.9 Å². The maximum atomic E-state index is 12.6. The SMILES string of the molecule is COC(C(=O)c1cccc(Oc2ccc(C(F)(F)F)cc2Cl)c1)[N+](=O)[O-].[NaH]. The molecule has 0 amide bonds. The summed E-state index contributed by atoms with van der Waals surface area (Å²) in [5, 5.41) is 10.5. The molecular weight excluding hydrogens is 402 g/mol. The van der Waals surface area contributed by atoms with Crippen molar-refractivity contribution in [3.05, 3.63) is 68.7 Å². The second kappa shape index (κ2) is 9.52. The molecule has 0 aromatic heterocycles. The Morgan fingerprint density at radius 2 is 1.89 bits per heavy atom. The first-order chi connectivity index (χ1) is 12.1. The zero-order valence-corrected chi connectivity index (χ0v) is 13.9. The van der Waals surface area contributed by atoms with Gasteiger partial charge in [0.2, 0.25) is 0 Å². The van der Waals surface area contributed by atoms with Crippen LogP contribution in [0.25, 0.3) is 0 Å². The molecule has 2 aromatic carbocycles. The van der Waals surface area contributed by atoms with E-state index in [1.54, 1.807) is 0 Å². The molecule has 1 atom stereocenters. The number of nitro groups is 1. The molecule has 140 valence electrons. The molecule has 0 N–H and O–H groups in total. The van der Waals surface area contributed by atoms with Crippen molar-refractivity contribution in [1.82, 2.24) is 0 Å². The van der Waals surface area contributed by atoms with E-state index in [0.717, 1.165) is 19.2 Å². The number of ketones is 1. The third-order valence-corrected chi connectivity index (χ3v) is 3.54. The monoisotopic (exact) mass is 413 g/mol. The number of benzene rings is 2. The Labute approximate surface area is 178 Å². The summed E-state index contributed by atoms with van der Waals surface area (Å²) < 4.78 is 47.8. The summed E-state index contributed by atoms with van der Waals surface area (Å²) in [6.07, 6.45) is -6.42. The van der Waals surface area contributed by atoms with E-state index in [4.69, 9.17) is 16.3 Å². The van der Waals surface area contributed by atoms with E-state index in [9.17, 15) is 28.1 Å². The van der Waals surface area contributed by atoms with Gasteiger partial charge in [-0.2, -0.15) is 13.2 Å². The Hall–Kier alpha value is -1.65. The van der Waals surface area contributed by atoms with Crippen molar-refractivity contribution in [2.24, 2.45) is 0 Å². The molecule has 0 spiro atoms. The fourth-order valence-electron chi connectivity index (χ4n) is 2.03. The van der Waals surface area contributed by atoms with E-state index < -0.39 is 28.7 Å². The van der Waals surface area contributed by atoms with E-state index in [1.807, 2.05) is 0 Å². The van der Waals surface area contributed by atoms with Gasteiger partial charge in [0.15, 0.2) is 0 Å². The third kappa shape index (κ3) is 5.91. The van der Waals surface area contributed by atoms with Crippen LogP contribution in [0.5, 0.6) is 11.5 Å². The Morgan fingerprint density at radius 1 is 1.22 bits per heavy atom. The number of nitrogens with zero attached hydrogens (tertiary/aromatic N) is 1. The normalized spacial score (nSPS) is 12.0. The number of ether oxygens (including phenoxy) is 2. The van der Waals surface area contributed by atoms with E-state index in [2.05, 4.69) is 4.74 Å². The van der Waals surface area contributed by atoms with Gasteiger partial charge in [-0.15, -0.1) is 0 Å². The Bertz CT molecular complexity index is 847. The van der Waals surface area contributed by atoms with Crippen LogP contribution in [0.4, 0.5) is 13.2 Å². The predicted octanol–water partition coefficient (Wildman–Crippen LogP) is 3.93. The molecule has 2 rings (SSSR count). The molecule has 0 fully saturated rings. The van der Waals surface area contributed by atoms with Crippen LogP contribution >= 0.6 is 11.6 Å². The summed E-state index contributed by atoms with van der Waals surface area (Å²) in [4.78, 5) is 22.0. The van der Waals surface area contributed by atoms with Gasteiger partial charge in [0.05, 0.1) is 15.5 Å². The first-order valence-electron chi connectivity index (χ1n) is 6.98. The topological polar surface area (TPSA) is 78.7 Å². The standard InChI is InChI=1S/C16H11ClF3NO5.Na.H/c1-25-15(21(23)24)14(22)9-3-2-4-11(7-9)26-13-6-5-10(8-12(13)17)16(18,19)20;;/h2-8,15H,1H3;;. The fourth-order valence-corrected chi connectivity index (χ4v) is 2.25. The molecule has 0 aliphatic carbocycles. The molecule has 0 saturated heterocycles. The van der Waals surface area contributed by atoms with Crippen molar-refractivity contribution in [1.29, 1.82) is 0 Å². The number of hydrogen-bond acceptors (Lipinski definition) is 5. The summed E-state index contributed by atoms with van der Waals surface area (Å²) in [5.41, 5.74) is -0.998. The molecule has 2 aromatic rings. The maximum absolute atomic E-state index is 12.6. The summed E-state index contributed by atoms with van der Waals surface area (Å²) >= 11 is 5.80. The van der Waals surface area contributed by atoms with Crippen molar-refractivity contribution >= 4 is 46.9 Å². The summed E-state index contributed by atoms with van der Waals surface area (Å²) in [6.45, 7) is 0.